The molecule has 4 unspecified atom stereocenters. The average molecular weight is 628 g/mol. The van der Waals surface area contributed by atoms with Crippen LogP contribution in [0, 0.1) is 0 Å². The van der Waals surface area contributed by atoms with Gasteiger partial charge in [-0.15, -0.1) is 0 Å². The molecule has 2 aromatic rings. The summed E-state index contributed by atoms with van der Waals surface area (Å²) in [6.45, 7) is 2.13. The van der Waals surface area contributed by atoms with E-state index in [2.05, 4.69) is 18.1 Å². The summed E-state index contributed by atoms with van der Waals surface area (Å²) in [4.78, 5) is 22.4. The van der Waals surface area contributed by atoms with Crippen molar-refractivity contribution >= 4 is 64.5 Å². The van der Waals surface area contributed by atoms with Gasteiger partial charge in [-0.25, -0.2) is 0 Å². The zero-order valence-corrected chi connectivity index (χ0v) is 24.7. The van der Waals surface area contributed by atoms with Gasteiger partial charge in [0.1, 0.15) is 0 Å². The molecule has 10 nitrogen and oxygen atoms in total. The molecule has 2 aromatic carbocycles. The number of phosphoric acid groups is 2. The number of aliphatic hydroxyl groups is 2. The van der Waals surface area contributed by atoms with E-state index in [0.29, 0.717) is 0 Å². The third-order valence-corrected chi connectivity index (χ3v) is 5.23. The molecule has 0 spiro atoms. The molecule has 0 aliphatic rings. The zero-order chi connectivity index (χ0) is 24.0. The average Bonchev–Trinajstić information content (AvgIpc) is 2.76. The summed E-state index contributed by atoms with van der Waals surface area (Å²) in [6.07, 6.45) is -1.69. The predicted octanol–water partition coefficient (Wildman–Crippen LogP) is 1.76. The monoisotopic (exact) mass is 628 g/mol. The van der Waals surface area contributed by atoms with Gasteiger partial charge in [0.15, 0.2) is 0 Å². The Bertz CT molecular complexity index is 781. The van der Waals surface area contributed by atoms with Crippen molar-refractivity contribution in [3.05, 3.63) is 71.8 Å². The van der Waals surface area contributed by atoms with Gasteiger partial charge in [-0.05, 0) is 25.0 Å². The van der Waals surface area contributed by atoms with Crippen LogP contribution in [0.2, 0.25) is 0 Å². The number of rotatable bonds is 12. The van der Waals surface area contributed by atoms with E-state index >= 15 is 0 Å². The first-order valence-corrected chi connectivity index (χ1v) is 12.6. The number of phosphoric ester groups is 2. The van der Waals surface area contributed by atoms with Gasteiger partial charge < -0.3 is 38.1 Å². The van der Waals surface area contributed by atoms with Crippen LogP contribution in [0.3, 0.4) is 0 Å². The number of benzene rings is 2. The maximum absolute atomic E-state index is 11.2. The van der Waals surface area contributed by atoms with Crippen LogP contribution < -0.4 is 9.79 Å². The summed E-state index contributed by atoms with van der Waals surface area (Å²) >= 11 is 0. The molecule has 33 heavy (non-hydrogen) atoms. The molecule has 2 rings (SSSR count). The van der Waals surface area contributed by atoms with E-state index in [1.807, 2.05) is 12.1 Å². The third-order valence-electron chi connectivity index (χ3n) is 3.41. The van der Waals surface area contributed by atoms with E-state index < -0.39 is 27.9 Å². The van der Waals surface area contributed by atoms with Crippen LogP contribution in [0.25, 0.3) is 0 Å². The quantitative estimate of drug-likeness (QED) is 0.262. The summed E-state index contributed by atoms with van der Waals surface area (Å²) in [5.74, 6) is 0. The molecule has 0 radical (unpaired) electrons. The van der Waals surface area contributed by atoms with E-state index in [1.54, 1.807) is 48.5 Å². The molecule has 0 aromatic heterocycles. The van der Waals surface area contributed by atoms with E-state index in [0.717, 1.165) is 11.1 Å². The maximum atomic E-state index is 11.2. The molecule has 4 atom stereocenters. The first-order chi connectivity index (χ1) is 15.0. The molecule has 13 heteroatoms. The van der Waals surface area contributed by atoms with Gasteiger partial charge in [-0.1, -0.05) is 60.7 Å². The van der Waals surface area contributed by atoms with Crippen molar-refractivity contribution in [2.45, 2.75) is 39.3 Å². The third kappa shape index (κ3) is 18.1. The molecule has 0 saturated carbocycles. The second-order valence-corrected chi connectivity index (χ2v) is 9.52. The Balaban J connectivity index is 0.000000602. The fourth-order valence-electron chi connectivity index (χ4n) is 1.93. The summed E-state index contributed by atoms with van der Waals surface area (Å²) in [6, 6.07) is 17.8. The smallest absolute Gasteiger partial charge is 0.756 e. The van der Waals surface area contributed by atoms with Gasteiger partial charge in [0.2, 0.25) is 0 Å². The minimum atomic E-state index is -4.32. The van der Waals surface area contributed by atoms with Crippen LogP contribution in [0.4, 0.5) is 0 Å². The topological polar surface area (TPSA) is 158 Å². The Morgan fingerprint density at radius 1 is 0.697 bits per heavy atom. The van der Waals surface area contributed by atoms with Crippen molar-refractivity contribution < 1.29 is 47.2 Å². The van der Waals surface area contributed by atoms with Gasteiger partial charge in [0.05, 0.1) is 38.6 Å². The Morgan fingerprint density at radius 2 is 1.00 bits per heavy atom. The molecule has 0 aliphatic heterocycles. The zero-order valence-electron chi connectivity index (χ0n) is 18.5. The minimum absolute atomic E-state index is 0. The maximum Gasteiger partial charge on any atom is 2.00 e. The second-order valence-electron chi connectivity index (χ2n) is 6.70. The molecular weight excluding hydrogens is 599 g/mol. The molecule has 0 bridgehead atoms. The van der Waals surface area contributed by atoms with Gasteiger partial charge in [-0.2, -0.15) is 0 Å². The minimum Gasteiger partial charge on any atom is -0.756 e. The molecule has 0 aliphatic carbocycles. The summed E-state index contributed by atoms with van der Waals surface area (Å²) < 4.78 is 40.5. The van der Waals surface area contributed by atoms with Gasteiger partial charge in [0, 0.05) is 0 Å². The Kier molecular flexibility index (Phi) is 17.6. The molecule has 0 fully saturated rings. The van der Waals surface area contributed by atoms with Crippen LogP contribution in [0.5, 0.6) is 0 Å². The van der Waals surface area contributed by atoms with Crippen molar-refractivity contribution in [1.82, 2.24) is 0 Å². The summed E-state index contributed by atoms with van der Waals surface area (Å²) in [5, 5.41) is 17.7. The summed E-state index contributed by atoms with van der Waals surface area (Å²) in [7, 11) is -8.64. The van der Waals surface area contributed by atoms with Crippen molar-refractivity contribution in [3.8, 4) is 0 Å². The first-order valence-electron chi connectivity index (χ1n) is 9.63. The number of aliphatic hydroxyl groups excluding tert-OH is 2. The Morgan fingerprint density at radius 3 is 1.27 bits per heavy atom. The molecule has 0 heterocycles. The SMILES string of the molecule is CC(O)COP(=O)([O-])OCc1ccccc1.CC(O)COP(=O)([O-])OCc1ccccc1.[Ba+2]. The fraction of sp³-hybridized carbons (Fsp3) is 0.400. The van der Waals surface area contributed by atoms with E-state index in [9.17, 15) is 18.9 Å². The van der Waals surface area contributed by atoms with Crippen molar-refractivity contribution in [2.75, 3.05) is 13.2 Å². The van der Waals surface area contributed by atoms with E-state index in [-0.39, 0.29) is 75.3 Å². The molecule has 0 saturated heterocycles. The fourth-order valence-corrected chi connectivity index (χ4v) is 3.49. The first kappa shape index (κ1) is 33.2. The predicted molar refractivity (Wildman–Crippen MR) is 119 cm³/mol. The Hall–Kier alpha value is 0.151. The van der Waals surface area contributed by atoms with Crippen LogP contribution in [-0.2, 0) is 40.4 Å². The summed E-state index contributed by atoms with van der Waals surface area (Å²) in [5.41, 5.74) is 1.47. The molecule has 0 amide bonds. The van der Waals surface area contributed by atoms with Gasteiger partial charge >= 0.3 is 48.9 Å². The van der Waals surface area contributed by atoms with Gasteiger partial charge in [0.25, 0.3) is 15.6 Å². The number of hydrogen-bond donors (Lipinski definition) is 2. The van der Waals surface area contributed by atoms with Crippen LogP contribution >= 0.6 is 15.6 Å². The van der Waals surface area contributed by atoms with Crippen molar-refractivity contribution in [2.24, 2.45) is 0 Å². The molecule has 180 valence electrons. The van der Waals surface area contributed by atoms with Gasteiger partial charge in [-0.3, -0.25) is 9.13 Å². The molecule has 2 N–H and O–H groups in total. The van der Waals surface area contributed by atoms with Crippen LogP contribution in [0.1, 0.15) is 25.0 Å². The van der Waals surface area contributed by atoms with E-state index in [4.69, 9.17) is 10.2 Å². The Labute approximate surface area is 234 Å². The van der Waals surface area contributed by atoms with Crippen LogP contribution in [-0.4, -0.2) is 84.5 Å². The standard InChI is InChI=1S/2C10H15O5P.Ba/c2*1-9(11)7-14-16(12,13)15-8-10-5-3-2-4-6-10;/h2*2-6,9,11H,7-8H2,1H3,(H,12,13);/q;;+2/p-2. The van der Waals surface area contributed by atoms with Crippen LogP contribution in [0.15, 0.2) is 60.7 Å². The number of hydrogen-bond acceptors (Lipinski definition) is 10. The largest absolute Gasteiger partial charge is 2.00 e. The normalized spacial score (nSPS) is 16.2. The van der Waals surface area contributed by atoms with E-state index in [1.165, 1.54) is 13.8 Å². The second kappa shape index (κ2) is 17.6. The molecular formula is C20H28BaO10P2. The van der Waals surface area contributed by atoms with Crippen molar-refractivity contribution in [1.29, 1.82) is 0 Å². The van der Waals surface area contributed by atoms with Crippen molar-refractivity contribution in [3.63, 3.8) is 0 Å².